The van der Waals surface area contributed by atoms with Crippen LogP contribution in [0.15, 0.2) is 22.9 Å². The van der Waals surface area contributed by atoms with E-state index in [-0.39, 0.29) is 0 Å². The Kier molecular flexibility index (Phi) is 4.04. The van der Waals surface area contributed by atoms with Crippen molar-refractivity contribution in [3.05, 3.63) is 35.5 Å². The molecular weight excluding hydrogens is 230 g/mol. The molecule has 2 rings (SSSR count). The van der Waals surface area contributed by atoms with Crippen molar-refractivity contribution in [2.45, 2.75) is 40.0 Å². The number of aromatic nitrogens is 2. The Hall–Kier alpha value is -1.75. The van der Waals surface area contributed by atoms with E-state index >= 15 is 0 Å². The molecule has 0 fully saturated rings. The predicted molar refractivity (Wildman–Crippen MR) is 68.2 cm³/mol. The van der Waals surface area contributed by atoms with Crippen LogP contribution < -0.4 is 10.5 Å². The molecule has 0 bridgehead atoms. The second-order valence-electron chi connectivity index (χ2n) is 4.23. The van der Waals surface area contributed by atoms with Crippen LogP contribution in [0.25, 0.3) is 0 Å². The summed E-state index contributed by atoms with van der Waals surface area (Å²) in [4.78, 5) is 0. The Morgan fingerprint density at radius 1 is 1.50 bits per heavy atom. The van der Waals surface area contributed by atoms with E-state index < -0.39 is 0 Å². The molecule has 5 nitrogen and oxygen atoms in total. The van der Waals surface area contributed by atoms with E-state index in [1.807, 2.05) is 23.9 Å². The van der Waals surface area contributed by atoms with Crippen molar-refractivity contribution in [3.8, 4) is 5.75 Å². The molecule has 0 amide bonds. The Balaban J connectivity index is 1.95. The number of hydrogen-bond donors (Lipinski definition) is 1. The van der Waals surface area contributed by atoms with E-state index in [1.54, 1.807) is 6.20 Å². The molecule has 2 heterocycles. The van der Waals surface area contributed by atoms with Gasteiger partial charge in [0.15, 0.2) is 5.75 Å². The van der Waals surface area contributed by atoms with Gasteiger partial charge in [-0.1, -0.05) is 6.92 Å². The fourth-order valence-electron chi connectivity index (χ4n) is 1.76. The highest BCUT2D eigenvalue weighted by molar-refractivity contribution is 5.21. The van der Waals surface area contributed by atoms with Crippen LogP contribution in [0.3, 0.4) is 0 Å². The number of hydrogen-bond acceptors (Lipinski definition) is 4. The summed E-state index contributed by atoms with van der Waals surface area (Å²) in [6.07, 6.45) is 4.69. The van der Waals surface area contributed by atoms with Crippen molar-refractivity contribution in [2.75, 3.05) is 0 Å². The summed E-state index contributed by atoms with van der Waals surface area (Å²) >= 11 is 0. The van der Waals surface area contributed by atoms with Crippen LogP contribution in [0, 0.1) is 6.92 Å². The molecule has 0 radical (unpaired) electrons. The molecule has 2 N–H and O–H groups in total. The van der Waals surface area contributed by atoms with Crippen LogP contribution >= 0.6 is 0 Å². The van der Waals surface area contributed by atoms with Gasteiger partial charge < -0.3 is 14.9 Å². The third-order valence-electron chi connectivity index (χ3n) is 2.73. The minimum atomic E-state index is 0.412. The molecule has 0 aromatic carbocycles. The van der Waals surface area contributed by atoms with Crippen LogP contribution in [0.5, 0.6) is 5.75 Å². The zero-order valence-corrected chi connectivity index (χ0v) is 10.8. The lowest BCUT2D eigenvalue weighted by atomic mass is 10.2. The Labute approximate surface area is 107 Å². The first-order valence-corrected chi connectivity index (χ1v) is 6.16. The van der Waals surface area contributed by atoms with Crippen molar-refractivity contribution in [3.63, 3.8) is 0 Å². The second kappa shape index (κ2) is 5.73. The van der Waals surface area contributed by atoms with Crippen LogP contribution in [0.1, 0.15) is 30.4 Å². The number of aryl methyl sites for hydroxylation is 2. The van der Waals surface area contributed by atoms with Crippen molar-refractivity contribution in [1.29, 1.82) is 0 Å². The highest BCUT2D eigenvalue weighted by atomic mass is 16.5. The smallest absolute Gasteiger partial charge is 0.157 e. The largest absolute Gasteiger partial charge is 0.485 e. The highest BCUT2D eigenvalue weighted by Gasteiger charge is 2.07. The molecule has 0 saturated carbocycles. The molecule has 2 aromatic heterocycles. The van der Waals surface area contributed by atoms with Crippen molar-refractivity contribution < 1.29 is 9.15 Å². The number of nitrogens with two attached hydrogens (primary N) is 1. The average Bonchev–Trinajstić information content (AvgIpc) is 2.94. The lowest BCUT2D eigenvalue weighted by Gasteiger charge is -2.01. The molecule has 2 aromatic rings. The summed E-state index contributed by atoms with van der Waals surface area (Å²) in [5, 5.41) is 4.21. The topological polar surface area (TPSA) is 66.2 Å². The fourth-order valence-corrected chi connectivity index (χ4v) is 1.76. The molecule has 0 aliphatic heterocycles. The maximum Gasteiger partial charge on any atom is 0.157 e. The number of rotatable bonds is 6. The lowest BCUT2D eigenvalue weighted by Crippen LogP contribution is -1.97. The summed E-state index contributed by atoms with van der Waals surface area (Å²) in [6, 6.07) is 1.94. The van der Waals surface area contributed by atoms with Gasteiger partial charge in [0.05, 0.1) is 18.9 Å². The van der Waals surface area contributed by atoms with Crippen LogP contribution in [-0.2, 0) is 19.7 Å². The van der Waals surface area contributed by atoms with Gasteiger partial charge in [-0.05, 0) is 19.4 Å². The van der Waals surface area contributed by atoms with Gasteiger partial charge in [-0.3, -0.25) is 4.68 Å². The molecule has 5 heteroatoms. The fraction of sp³-hybridized carbons (Fsp3) is 0.462. The van der Waals surface area contributed by atoms with Gasteiger partial charge in [0.2, 0.25) is 0 Å². The Morgan fingerprint density at radius 3 is 3.00 bits per heavy atom. The lowest BCUT2D eigenvalue weighted by molar-refractivity contribution is 0.302. The first-order chi connectivity index (χ1) is 8.72. The summed E-state index contributed by atoms with van der Waals surface area (Å²) in [6.45, 7) is 5.83. The number of furan rings is 1. The summed E-state index contributed by atoms with van der Waals surface area (Å²) in [5.74, 6) is 2.42. The third-order valence-corrected chi connectivity index (χ3v) is 2.73. The number of ether oxygens (including phenoxy) is 1. The van der Waals surface area contributed by atoms with E-state index in [2.05, 4.69) is 12.0 Å². The highest BCUT2D eigenvalue weighted by Crippen LogP contribution is 2.17. The van der Waals surface area contributed by atoms with E-state index in [9.17, 15) is 0 Å². The van der Waals surface area contributed by atoms with E-state index in [0.717, 1.165) is 35.8 Å². The molecule has 0 unspecified atom stereocenters. The maximum absolute atomic E-state index is 5.67. The number of nitrogens with zero attached hydrogens (tertiary/aromatic N) is 2. The van der Waals surface area contributed by atoms with E-state index in [1.165, 1.54) is 0 Å². The van der Waals surface area contributed by atoms with Gasteiger partial charge in [0.1, 0.15) is 18.1 Å². The van der Waals surface area contributed by atoms with Gasteiger partial charge in [0.25, 0.3) is 0 Å². The minimum Gasteiger partial charge on any atom is -0.485 e. The zero-order chi connectivity index (χ0) is 13.0. The molecule has 0 saturated heterocycles. The first kappa shape index (κ1) is 12.7. The minimum absolute atomic E-state index is 0.412. The van der Waals surface area contributed by atoms with Crippen LogP contribution in [0.2, 0.25) is 0 Å². The summed E-state index contributed by atoms with van der Waals surface area (Å²) in [7, 11) is 0. The zero-order valence-electron chi connectivity index (χ0n) is 10.8. The van der Waals surface area contributed by atoms with Crippen molar-refractivity contribution in [1.82, 2.24) is 9.78 Å². The van der Waals surface area contributed by atoms with Gasteiger partial charge in [-0.2, -0.15) is 5.10 Å². The van der Waals surface area contributed by atoms with Crippen molar-refractivity contribution >= 4 is 0 Å². The summed E-state index contributed by atoms with van der Waals surface area (Å²) < 4.78 is 13.0. The molecule has 0 atom stereocenters. The third kappa shape index (κ3) is 2.92. The summed E-state index contributed by atoms with van der Waals surface area (Å²) in [5.41, 5.74) is 6.55. The van der Waals surface area contributed by atoms with Crippen LogP contribution in [0.4, 0.5) is 0 Å². The van der Waals surface area contributed by atoms with E-state index in [0.29, 0.717) is 13.2 Å². The normalized spacial score (nSPS) is 10.8. The SMILES string of the molecule is CCCn1cc(OCc2cc(CN)oc2C)cn1. The molecule has 0 aliphatic carbocycles. The Morgan fingerprint density at radius 2 is 2.33 bits per heavy atom. The van der Waals surface area contributed by atoms with Gasteiger partial charge in [-0.25, -0.2) is 0 Å². The molecule has 98 valence electrons. The monoisotopic (exact) mass is 249 g/mol. The predicted octanol–water partition coefficient (Wildman–Crippen LogP) is 2.23. The van der Waals surface area contributed by atoms with Gasteiger partial charge in [-0.15, -0.1) is 0 Å². The maximum atomic E-state index is 5.67. The standard InChI is InChI=1S/C13H19N3O2/c1-3-4-16-8-13(7-15-16)17-9-11-5-12(6-14)18-10(11)2/h5,7-8H,3-4,6,9,14H2,1-2H3. The quantitative estimate of drug-likeness (QED) is 0.852. The molecular formula is C13H19N3O2. The average molecular weight is 249 g/mol. The molecule has 0 aliphatic rings. The van der Waals surface area contributed by atoms with Gasteiger partial charge in [0, 0.05) is 12.1 Å². The molecule has 18 heavy (non-hydrogen) atoms. The van der Waals surface area contributed by atoms with Crippen molar-refractivity contribution in [2.24, 2.45) is 5.73 Å². The second-order valence-corrected chi connectivity index (χ2v) is 4.23. The Bertz CT molecular complexity index is 502. The van der Waals surface area contributed by atoms with Gasteiger partial charge >= 0.3 is 0 Å². The van der Waals surface area contributed by atoms with Crippen LogP contribution in [-0.4, -0.2) is 9.78 Å². The molecule has 0 spiro atoms. The van der Waals surface area contributed by atoms with E-state index in [4.69, 9.17) is 14.9 Å². The first-order valence-electron chi connectivity index (χ1n) is 6.16.